The zero-order chi connectivity index (χ0) is 33.7. The molecule has 0 radical (unpaired) electrons. The molecule has 5 rings (SSSR count). The first kappa shape index (κ1) is 31.6. The summed E-state index contributed by atoms with van der Waals surface area (Å²) in [7, 11) is 0. The van der Waals surface area contributed by atoms with Gasteiger partial charge in [-0.15, -0.1) is 0 Å². The second-order valence-electron chi connectivity index (χ2n) is 10.2. The summed E-state index contributed by atoms with van der Waals surface area (Å²) in [6, 6.07) is 15.5. The Labute approximate surface area is 267 Å². The number of rotatable bonds is 12. The van der Waals surface area contributed by atoms with Crippen molar-refractivity contribution in [3.8, 4) is 6.01 Å². The van der Waals surface area contributed by atoms with Gasteiger partial charge in [-0.1, -0.05) is 18.7 Å². The van der Waals surface area contributed by atoms with Crippen LogP contribution in [0.25, 0.3) is 0 Å². The highest BCUT2D eigenvalue weighted by Crippen LogP contribution is 2.29. The number of nitrogens with one attached hydrogen (secondary N) is 5. The molecule has 5 aromatic rings. The van der Waals surface area contributed by atoms with Crippen molar-refractivity contribution in [1.29, 1.82) is 0 Å². The van der Waals surface area contributed by atoms with Crippen molar-refractivity contribution in [1.82, 2.24) is 29.9 Å². The highest BCUT2D eigenvalue weighted by Gasteiger charge is 2.14. The first-order valence-corrected chi connectivity index (χ1v) is 13.9. The fraction of sp³-hybridized carbons (Fsp3) is 0.0968. The number of carboxylic acid groups (broad SMARTS) is 2. The van der Waals surface area contributed by atoms with E-state index in [0.29, 0.717) is 28.4 Å². The molecule has 0 aliphatic carbocycles. The van der Waals surface area contributed by atoms with E-state index in [0.717, 1.165) is 11.1 Å². The molecular formula is C31H29N11O5. The van der Waals surface area contributed by atoms with Gasteiger partial charge in [-0.2, -0.15) is 29.9 Å². The van der Waals surface area contributed by atoms with Crippen molar-refractivity contribution in [2.75, 3.05) is 26.6 Å². The van der Waals surface area contributed by atoms with Crippen LogP contribution in [0.3, 0.4) is 0 Å². The van der Waals surface area contributed by atoms with Crippen LogP contribution in [0.4, 0.5) is 52.5 Å². The lowest BCUT2D eigenvalue weighted by Crippen LogP contribution is -2.09. The number of aromatic hydroxyl groups is 1. The van der Waals surface area contributed by atoms with Crippen LogP contribution in [0.5, 0.6) is 6.01 Å². The smallest absolute Gasteiger partial charge is 0.335 e. The van der Waals surface area contributed by atoms with Crippen LogP contribution in [0, 0.1) is 13.8 Å². The lowest BCUT2D eigenvalue weighted by atomic mass is 10.1. The second-order valence-corrected chi connectivity index (χ2v) is 10.2. The Bertz CT molecular complexity index is 2020. The van der Waals surface area contributed by atoms with E-state index in [1.165, 1.54) is 24.3 Å². The molecule has 16 heteroatoms. The van der Waals surface area contributed by atoms with Gasteiger partial charge in [0, 0.05) is 28.4 Å². The third kappa shape index (κ3) is 8.21. The van der Waals surface area contributed by atoms with Gasteiger partial charge >= 0.3 is 17.9 Å². The average Bonchev–Trinajstić information content (AvgIpc) is 2.99. The van der Waals surface area contributed by atoms with Crippen molar-refractivity contribution in [2.24, 2.45) is 0 Å². The number of hydrogen-bond donors (Lipinski definition) is 8. The van der Waals surface area contributed by atoms with E-state index in [9.17, 15) is 24.9 Å². The van der Waals surface area contributed by atoms with E-state index in [1.807, 2.05) is 26.0 Å². The maximum Gasteiger partial charge on any atom is 0.335 e. The van der Waals surface area contributed by atoms with Crippen molar-refractivity contribution in [3.63, 3.8) is 0 Å². The number of benzene rings is 3. The Balaban J connectivity index is 1.37. The third-order valence-corrected chi connectivity index (χ3v) is 6.38. The third-order valence-electron chi connectivity index (χ3n) is 6.38. The maximum atomic E-state index is 11.4. The lowest BCUT2D eigenvalue weighted by Gasteiger charge is -2.16. The van der Waals surface area contributed by atoms with Crippen LogP contribution in [0.15, 0.2) is 72.9 Å². The molecule has 0 atom stereocenters. The summed E-state index contributed by atoms with van der Waals surface area (Å²) >= 11 is 0. The van der Waals surface area contributed by atoms with E-state index in [-0.39, 0.29) is 40.9 Å². The standard InChI is InChI=1S/C31H29N11O5/c1-15(2)32-26-37-27(33-20-9-5-7-18(13-20)24(43)44)39-29(38-26)35-22-11-17(4)23(12-16(22)3)36-30-40-28(41-31(47)42-30)34-21-10-6-8-19(14-21)25(45)46/h5-14H,1H2,2-4H3,(H,43,44)(H,45,46)(H3,32,33,35,37,38,39)(H3,34,36,40,41,42,47). The minimum absolute atomic E-state index is 0.00307. The van der Waals surface area contributed by atoms with E-state index in [2.05, 4.69) is 63.1 Å². The van der Waals surface area contributed by atoms with Gasteiger partial charge in [-0.25, -0.2) is 9.59 Å². The number of aryl methyl sites for hydroxylation is 2. The highest BCUT2D eigenvalue weighted by molar-refractivity contribution is 5.89. The molecule has 0 saturated heterocycles. The van der Waals surface area contributed by atoms with Gasteiger partial charge in [-0.3, -0.25) is 0 Å². The predicted octanol–water partition coefficient (Wildman–Crippen LogP) is 5.70. The lowest BCUT2D eigenvalue weighted by molar-refractivity contribution is 0.0686. The number of nitrogens with zero attached hydrogens (tertiary/aromatic N) is 6. The van der Waals surface area contributed by atoms with Crippen LogP contribution >= 0.6 is 0 Å². The van der Waals surface area contributed by atoms with Gasteiger partial charge in [0.15, 0.2) is 0 Å². The highest BCUT2D eigenvalue weighted by atomic mass is 16.4. The summed E-state index contributed by atoms with van der Waals surface area (Å²) in [5, 5.41) is 43.9. The Morgan fingerprint density at radius 3 is 1.47 bits per heavy atom. The zero-order valence-corrected chi connectivity index (χ0v) is 25.3. The molecule has 47 heavy (non-hydrogen) atoms. The van der Waals surface area contributed by atoms with Crippen LogP contribution in [0.2, 0.25) is 0 Å². The van der Waals surface area contributed by atoms with Crippen LogP contribution < -0.4 is 26.6 Å². The Kier molecular flexibility index (Phi) is 9.02. The molecule has 16 nitrogen and oxygen atoms in total. The molecule has 0 aliphatic heterocycles. The van der Waals surface area contributed by atoms with Gasteiger partial charge < -0.3 is 41.9 Å². The SMILES string of the molecule is C=C(C)Nc1nc(Nc2cccc(C(=O)O)c2)nc(Nc2cc(C)c(Nc3nc(O)nc(Nc4cccc(C(=O)O)c4)n3)cc2C)n1. The number of carboxylic acids is 2. The molecule has 0 fully saturated rings. The Morgan fingerprint density at radius 2 is 1.02 bits per heavy atom. The monoisotopic (exact) mass is 635 g/mol. The number of carbonyl (C=O) groups is 2. The molecule has 2 heterocycles. The van der Waals surface area contributed by atoms with E-state index in [4.69, 9.17) is 0 Å². The molecule has 0 aliphatic rings. The van der Waals surface area contributed by atoms with Gasteiger partial charge in [0.25, 0.3) is 0 Å². The largest absolute Gasteiger partial charge is 0.479 e. The van der Waals surface area contributed by atoms with Gasteiger partial charge in [0.1, 0.15) is 0 Å². The minimum Gasteiger partial charge on any atom is -0.479 e. The first-order chi connectivity index (χ1) is 22.4. The fourth-order valence-electron chi connectivity index (χ4n) is 4.26. The molecule has 2 aromatic heterocycles. The molecule has 0 saturated carbocycles. The molecule has 0 spiro atoms. The number of aromatic nitrogens is 6. The molecule has 8 N–H and O–H groups in total. The van der Waals surface area contributed by atoms with E-state index < -0.39 is 17.9 Å². The molecule has 3 aromatic carbocycles. The summed E-state index contributed by atoms with van der Waals surface area (Å²) in [6.07, 6.45) is 0. The average molecular weight is 636 g/mol. The van der Waals surface area contributed by atoms with Gasteiger partial charge in [-0.05, 0) is 80.4 Å². The second kappa shape index (κ2) is 13.4. The van der Waals surface area contributed by atoms with E-state index in [1.54, 1.807) is 31.2 Å². The quantitative estimate of drug-likeness (QED) is 0.0821. The van der Waals surface area contributed by atoms with Crippen molar-refractivity contribution < 1.29 is 24.9 Å². The molecule has 0 amide bonds. The van der Waals surface area contributed by atoms with Crippen LogP contribution in [0.1, 0.15) is 38.8 Å². The summed E-state index contributed by atoms with van der Waals surface area (Å²) in [4.78, 5) is 48.1. The zero-order valence-electron chi connectivity index (χ0n) is 25.3. The summed E-state index contributed by atoms with van der Waals surface area (Å²) in [5.74, 6) is -1.51. The van der Waals surface area contributed by atoms with Crippen LogP contribution in [-0.2, 0) is 0 Å². The number of anilines is 9. The van der Waals surface area contributed by atoms with Crippen molar-refractivity contribution in [3.05, 3.63) is 95.2 Å². The first-order valence-electron chi connectivity index (χ1n) is 13.9. The van der Waals surface area contributed by atoms with Crippen molar-refractivity contribution >= 4 is 64.4 Å². The predicted molar refractivity (Wildman–Crippen MR) is 176 cm³/mol. The summed E-state index contributed by atoms with van der Waals surface area (Å²) in [6.45, 7) is 9.31. The molecule has 0 bridgehead atoms. The van der Waals surface area contributed by atoms with Crippen molar-refractivity contribution in [2.45, 2.75) is 20.8 Å². The number of hydrogen-bond acceptors (Lipinski definition) is 14. The van der Waals surface area contributed by atoms with E-state index >= 15 is 0 Å². The molecule has 238 valence electrons. The summed E-state index contributed by atoms with van der Waals surface area (Å²) in [5.41, 5.74) is 4.55. The minimum atomic E-state index is -1.09. The number of allylic oxidation sites excluding steroid dienone is 1. The molecular weight excluding hydrogens is 606 g/mol. The van der Waals surface area contributed by atoms with Crippen LogP contribution in [-0.4, -0.2) is 57.2 Å². The molecule has 0 unspecified atom stereocenters. The van der Waals surface area contributed by atoms with Gasteiger partial charge in [0.2, 0.25) is 29.7 Å². The Morgan fingerprint density at radius 1 is 0.617 bits per heavy atom. The maximum absolute atomic E-state index is 11.4. The Hall–Kier alpha value is -6.84. The normalized spacial score (nSPS) is 10.5. The fourth-order valence-corrected chi connectivity index (χ4v) is 4.26. The topological polar surface area (TPSA) is 232 Å². The van der Waals surface area contributed by atoms with Gasteiger partial charge in [0.05, 0.1) is 11.1 Å². The summed E-state index contributed by atoms with van der Waals surface area (Å²) < 4.78 is 0. The number of aromatic carboxylic acids is 2.